The Bertz CT molecular complexity index is 514. The van der Waals surface area contributed by atoms with Gasteiger partial charge in [0.15, 0.2) is 0 Å². The fourth-order valence-electron chi connectivity index (χ4n) is 3.41. The van der Waals surface area contributed by atoms with Gasteiger partial charge in [-0.2, -0.15) is 0 Å². The van der Waals surface area contributed by atoms with Gasteiger partial charge in [-0.05, 0) is 20.3 Å². The standard InChI is InChI=1S/C15H24N4O2/c1-11(2)19-6-7-21-14-4-5-18(9-13(14)19)15(20)12-8-17(3)10-16-12/h8,10-11,13-14H,4-7,9H2,1-3H3/t13-,14-/m1/s1. The lowest BCUT2D eigenvalue weighted by atomic mass is 9.97. The van der Waals surface area contributed by atoms with Gasteiger partial charge in [0.2, 0.25) is 0 Å². The summed E-state index contributed by atoms with van der Waals surface area (Å²) in [5.41, 5.74) is 0.531. The molecule has 0 unspecified atom stereocenters. The maximum Gasteiger partial charge on any atom is 0.274 e. The van der Waals surface area contributed by atoms with Gasteiger partial charge in [-0.1, -0.05) is 0 Å². The molecule has 116 valence electrons. The molecule has 6 nitrogen and oxygen atoms in total. The highest BCUT2D eigenvalue weighted by Crippen LogP contribution is 2.25. The first kappa shape index (κ1) is 14.5. The number of aryl methyl sites for hydroxylation is 1. The number of ether oxygens (including phenoxy) is 1. The van der Waals surface area contributed by atoms with E-state index in [9.17, 15) is 4.79 Å². The van der Waals surface area contributed by atoms with Crippen molar-refractivity contribution in [1.82, 2.24) is 19.4 Å². The van der Waals surface area contributed by atoms with E-state index in [2.05, 4.69) is 23.7 Å². The smallest absolute Gasteiger partial charge is 0.274 e. The monoisotopic (exact) mass is 292 g/mol. The van der Waals surface area contributed by atoms with Crippen molar-refractivity contribution in [2.24, 2.45) is 7.05 Å². The van der Waals surface area contributed by atoms with Crippen molar-refractivity contribution >= 4 is 5.91 Å². The third-order valence-corrected chi connectivity index (χ3v) is 4.50. The second-order valence-electron chi connectivity index (χ2n) is 6.27. The van der Waals surface area contributed by atoms with Crippen LogP contribution in [0.1, 0.15) is 30.8 Å². The molecule has 2 aliphatic rings. The number of hydrogen-bond donors (Lipinski definition) is 0. The predicted octanol–water partition coefficient (Wildman–Crippen LogP) is 0.744. The number of hydrogen-bond acceptors (Lipinski definition) is 4. The van der Waals surface area contributed by atoms with Gasteiger partial charge in [0.05, 0.1) is 25.1 Å². The lowest BCUT2D eigenvalue weighted by molar-refractivity contribution is -0.107. The third-order valence-electron chi connectivity index (χ3n) is 4.50. The molecule has 1 aromatic heterocycles. The van der Waals surface area contributed by atoms with E-state index in [0.29, 0.717) is 17.8 Å². The number of morpholine rings is 1. The molecule has 0 radical (unpaired) electrons. The molecule has 2 aliphatic heterocycles. The highest BCUT2D eigenvalue weighted by atomic mass is 16.5. The Morgan fingerprint density at radius 1 is 1.43 bits per heavy atom. The first-order valence-corrected chi connectivity index (χ1v) is 7.71. The van der Waals surface area contributed by atoms with Crippen molar-refractivity contribution in [1.29, 1.82) is 0 Å². The molecule has 3 rings (SSSR count). The molecule has 0 bridgehead atoms. The van der Waals surface area contributed by atoms with Gasteiger partial charge in [-0.15, -0.1) is 0 Å². The van der Waals surface area contributed by atoms with Crippen LogP contribution in [0.3, 0.4) is 0 Å². The average Bonchev–Trinajstić information content (AvgIpc) is 2.91. The number of piperidine rings is 1. The number of likely N-dealkylation sites (tertiary alicyclic amines) is 1. The Hall–Kier alpha value is -1.40. The molecule has 6 heteroatoms. The normalized spacial score (nSPS) is 27.0. The highest BCUT2D eigenvalue weighted by molar-refractivity contribution is 5.92. The van der Waals surface area contributed by atoms with Gasteiger partial charge in [-0.25, -0.2) is 4.98 Å². The van der Waals surface area contributed by atoms with Crippen molar-refractivity contribution in [3.8, 4) is 0 Å². The van der Waals surface area contributed by atoms with E-state index in [0.717, 1.165) is 32.7 Å². The van der Waals surface area contributed by atoms with Crippen LogP contribution in [0.15, 0.2) is 12.5 Å². The number of amides is 1. The van der Waals surface area contributed by atoms with Crippen LogP contribution in [0, 0.1) is 0 Å². The van der Waals surface area contributed by atoms with Crippen LogP contribution in [-0.2, 0) is 11.8 Å². The molecule has 1 amide bonds. The van der Waals surface area contributed by atoms with Crippen LogP contribution in [0.2, 0.25) is 0 Å². The molecule has 3 heterocycles. The Kier molecular flexibility index (Phi) is 3.99. The minimum absolute atomic E-state index is 0.0309. The zero-order chi connectivity index (χ0) is 15.0. The Labute approximate surface area is 125 Å². The number of rotatable bonds is 2. The van der Waals surface area contributed by atoms with E-state index in [4.69, 9.17) is 4.74 Å². The number of imidazole rings is 1. The average molecular weight is 292 g/mol. The summed E-state index contributed by atoms with van der Waals surface area (Å²) in [6.07, 6.45) is 4.62. The number of carbonyl (C=O) groups is 1. The quantitative estimate of drug-likeness (QED) is 0.807. The highest BCUT2D eigenvalue weighted by Gasteiger charge is 2.39. The summed E-state index contributed by atoms with van der Waals surface area (Å²) >= 11 is 0. The van der Waals surface area contributed by atoms with Crippen molar-refractivity contribution in [3.05, 3.63) is 18.2 Å². The van der Waals surface area contributed by atoms with E-state index in [1.807, 2.05) is 16.5 Å². The molecule has 2 saturated heterocycles. The Morgan fingerprint density at radius 2 is 2.24 bits per heavy atom. The predicted molar refractivity (Wildman–Crippen MR) is 79.1 cm³/mol. The Balaban J connectivity index is 1.73. The van der Waals surface area contributed by atoms with Crippen LogP contribution in [-0.4, -0.2) is 69.7 Å². The van der Waals surface area contributed by atoms with Crippen LogP contribution in [0.4, 0.5) is 0 Å². The van der Waals surface area contributed by atoms with Crippen LogP contribution >= 0.6 is 0 Å². The molecular weight excluding hydrogens is 268 g/mol. The van der Waals surface area contributed by atoms with Crippen molar-refractivity contribution < 1.29 is 9.53 Å². The summed E-state index contributed by atoms with van der Waals surface area (Å²) in [7, 11) is 1.88. The number of fused-ring (bicyclic) bond motifs is 1. The fourth-order valence-corrected chi connectivity index (χ4v) is 3.41. The second kappa shape index (κ2) is 5.77. The molecule has 21 heavy (non-hydrogen) atoms. The summed E-state index contributed by atoms with van der Waals surface area (Å²) in [5, 5.41) is 0. The zero-order valence-electron chi connectivity index (χ0n) is 13.0. The second-order valence-corrected chi connectivity index (χ2v) is 6.27. The molecule has 2 fully saturated rings. The topological polar surface area (TPSA) is 50.6 Å². The fraction of sp³-hybridized carbons (Fsp3) is 0.733. The van der Waals surface area contributed by atoms with Gasteiger partial charge < -0.3 is 14.2 Å². The molecule has 0 spiro atoms. The molecule has 1 aromatic rings. The van der Waals surface area contributed by atoms with Crippen molar-refractivity contribution in [2.45, 2.75) is 38.5 Å². The van der Waals surface area contributed by atoms with Gasteiger partial charge in [-0.3, -0.25) is 9.69 Å². The number of aromatic nitrogens is 2. The van der Waals surface area contributed by atoms with Crippen LogP contribution < -0.4 is 0 Å². The summed E-state index contributed by atoms with van der Waals surface area (Å²) in [6, 6.07) is 0.784. The molecule has 2 atom stereocenters. The summed E-state index contributed by atoms with van der Waals surface area (Å²) in [5.74, 6) is 0.0309. The Morgan fingerprint density at radius 3 is 2.90 bits per heavy atom. The maximum atomic E-state index is 12.6. The van der Waals surface area contributed by atoms with E-state index in [1.165, 1.54) is 0 Å². The molecule has 0 N–H and O–H groups in total. The molecule has 0 aromatic carbocycles. The van der Waals surface area contributed by atoms with Crippen molar-refractivity contribution in [2.75, 3.05) is 26.2 Å². The first-order valence-electron chi connectivity index (χ1n) is 7.71. The first-order chi connectivity index (χ1) is 10.1. The van der Waals surface area contributed by atoms with Gasteiger partial charge >= 0.3 is 0 Å². The molecular formula is C15H24N4O2. The molecule has 0 aliphatic carbocycles. The summed E-state index contributed by atoms with van der Waals surface area (Å²) in [6.45, 7) is 7.66. The van der Waals surface area contributed by atoms with Gasteiger partial charge in [0.1, 0.15) is 5.69 Å². The van der Waals surface area contributed by atoms with E-state index >= 15 is 0 Å². The van der Waals surface area contributed by atoms with E-state index in [1.54, 1.807) is 12.5 Å². The lowest BCUT2D eigenvalue weighted by Crippen LogP contribution is -2.62. The third kappa shape index (κ3) is 2.82. The van der Waals surface area contributed by atoms with E-state index < -0.39 is 0 Å². The van der Waals surface area contributed by atoms with Crippen LogP contribution in [0.25, 0.3) is 0 Å². The summed E-state index contributed by atoms with van der Waals surface area (Å²) in [4.78, 5) is 21.1. The maximum absolute atomic E-state index is 12.6. The summed E-state index contributed by atoms with van der Waals surface area (Å²) < 4.78 is 7.71. The minimum Gasteiger partial charge on any atom is -0.375 e. The minimum atomic E-state index is 0.0309. The zero-order valence-corrected chi connectivity index (χ0v) is 13.0. The van der Waals surface area contributed by atoms with Gasteiger partial charge in [0.25, 0.3) is 5.91 Å². The lowest BCUT2D eigenvalue weighted by Gasteiger charge is -2.48. The van der Waals surface area contributed by atoms with Gasteiger partial charge in [0, 0.05) is 38.9 Å². The van der Waals surface area contributed by atoms with Crippen LogP contribution in [0.5, 0.6) is 0 Å². The molecule has 0 saturated carbocycles. The SMILES string of the molecule is CC(C)N1CCO[C@@H]2CCN(C(=O)c3cn(C)cn3)C[C@H]21. The van der Waals surface area contributed by atoms with Crippen molar-refractivity contribution in [3.63, 3.8) is 0 Å². The number of carbonyl (C=O) groups excluding carboxylic acids is 1. The number of nitrogens with zero attached hydrogens (tertiary/aromatic N) is 4. The largest absolute Gasteiger partial charge is 0.375 e. The van der Waals surface area contributed by atoms with E-state index in [-0.39, 0.29) is 12.0 Å².